The number of non-ortho nitro benzene ring substituents is 1. The van der Waals surface area contributed by atoms with Gasteiger partial charge in [-0.25, -0.2) is 0 Å². The molecule has 0 unspecified atom stereocenters. The van der Waals surface area contributed by atoms with Crippen molar-refractivity contribution in [1.82, 2.24) is 0 Å². The van der Waals surface area contributed by atoms with E-state index >= 15 is 0 Å². The molecule has 0 aliphatic rings. The molecule has 0 spiro atoms. The average molecular weight is 472 g/mol. The maximum Gasteiger partial charge on any atom is 0.273 e. The maximum atomic E-state index is 10.9. The fourth-order valence-corrected chi connectivity index (χ4v) is 2.88. The first-order valence-electron chi connectivity index (χ1n) is 7.82. The van der Waals surface area contributed by atoms with Crippen molar-refractivity contribution in [3.8, 4) is 23.1 Å². The summed E-state index contributed by atoms with van der Waals surface area (Å²) in [4.78, 5) is 10.4. The van der Waals surface area contributed by atoms with Crippen molar-refractivity contribution < 1.29 is 14.1 Å². The number of methoxy groups -OCH3 is 1. The van der Waals surface area contributed by atoms with Crippen LogP contribution in [-0.2, 0) is 0 Å². The van der Waals surface area contributed by atoms with Gasteiger partial charge in [-0.1, -0.05) is 12.1 Å². The van der Waals surface area contributed by atoms with Crippen molar-refractivity contribution in [1.29, 1.82) is 5.26 Å². The summed E-state index contributed by atoms with van der Waals surface area (Å²) in [6.07, 6.45) is 1.66. The third-order valence-electron chi connectivity index (χ3n) is 3.85. The van der Waals surface area contributed by atoms with Crippen LogP contribution in [0.4, 0.5) is 5.69 Å². The number of benzene rings is 2. The highest BCUT2D eigenvalue weighted by molar-refractivity contribution is 14.1. The summed E-state index contributed by atoms with van der Waals surface area (Å²) in [5.74, 6) is 1.33. The Morgan fingerprint density at radius 3 is 2.59 bits per heavy atom. The lowest BCUT2D eigenvalue weighted by Gasteiger charge is -2.05. The van der Waals surface area contributed by atoms with Gasteiger partial charge in [-0.3, -0.25) is 10.1 Å². The highest BCUT2D eigenvalue weighted by Crippen LogP contribution is 2.34. The molecule has 0 radical (unpaired) electrons. The summed E-state index contributed by atoms with van der Waals surface area (Å²) in [7, 11) is 1.44. The van der Waals surface area contributed by atoms with Crippen LogP contribution >= 0.6 is 22.6 Å². The molecule has 3 aromatic rings. The van der Waals surface area contributed by atoms with Crippen LogP contribution < -0.4 is 4.74 Å². The van der Waals surface area contributed by atoms with Crippen molar-refractivity contribution in [2.75, 3.05) is 7.11 Å². The quantitative estimate of drug-likeness (QED) is 0.211. The minimum Gasteiger partial charge on any atom is -0.496 e. The molecule has 0 N–H and O–H groups in total. The van der Waals surface area contributed by atoms with Gasteiger partial charge < -0.3 is 9.15 Å². The molecule has 6 nitrogen and oxygen atoms in total. The largest absolute Gasteiger partial charge is 0.496 e. The standard InChI is InChI=1S/C20H13IN2O4/c1-26-20-11-16(23(24)25)6-8-18(20)19-9-7-17(27-19)10-14(12-22)13-2-4-15(21)5-3-13/h2-11H,1H3/b14-10-. The monoisotopic (exact) mass is 472 g/mol. The van der Waals surface area contributed by atoms with Gasteiger partial charge in [0, 0.05) is 9.64 Å². The smallest absolute Gasteiger partial charge is 0.273 e. The molecular formula is C20H13IN2O4. The fourth-order valence-electron chi connectivity index (χ4n) is 2.52. The Hall–Kier alpha value is -3.12. The van der Waals surface area contributed by atoms with Gasteiger partial charge in [-0.2, -0.15) is 5.26 Å². The topological polar surface area (TPSA) is 89.3 Å². The predicted octanol–water partition coefficient (Wildman–Crippen LogP) is 5.53. The highest BCUT2D eigenvalue weighted by Gasteiger charge is 2.15. The van der Waals surface area contributed by atoms with Gasteiger partial charge in [0.25, 0.3) is 5.69 Å². The number of nitro groups is 1. The Morgan fingerprint density at radius 1 is 1.22 bits per heavy atom. The lowest BCUT2D eigenvalue weighted by Crippen LogP contribution is -1.92. The summed E-state index contributed by atoms with van der Waals surface area (Å²) < 4.78 is 12.1. The second-order valence-electron chi connectivity index (χ2n) is 5.52. The van der Waals surface area contributed by atoms with Crippen LogP contribution in [0, 0.1) is 25.0 Å². The molecule has 0 amide bonds. The van der Waals surface area contributed by atoms with Crippen LogP contribution in [0.2, 0.25) is 0 Å². The Morgan fingerprint density at radius 2 is 1.96 bits per heavy atom. The number of ether oxygens (including phenoxy) is 1. The number of hydrogen-bond acceptors (Lipinski definition) is 5. The van der Waals surface area contributed by atoms with Gasteiger partial charge in [0.1, 0.15) is 17.3 Å². The first-order chi connectivity index (χ1) is 13.0. The van der Waals surface area contributed by atoms with Crippen LogP contribution in [0.1, 0.15) is 11.3 Å². The van der Waals surface area contributed by atoms with E-state index in [0.29, 0.717) is 28.4 Å². The van der Waals surface area contributed by atoms with Crippen molar-refractivity contribution in [2.45, 2.75) is 0 Å². The molecule has 1 aromatic heterocycles. The molecule has 134 valence electrons. The molecule has 0 aliphatic carbocycles. The van der Waals surface area contributed by atoms with E-state index in [0.717, 1.165) is 9.13 Å². The Balaban J connectivity index is 1.96. The van der Waals surface area contributed by atoms with E-state index in [-0.39, 0.29) is 5.69 Å². The first kappa shape index (κ1) is 18.7. The van der Waals surface area contributed by atoms with Crippen LogP contribution in [0.15, 0.2) is 59.0 Å². The lowest BCUT2D eigenvalue weighted by atomic mass is 10.1. The Kier molecular flexibility index (Phi) is 5.57. The van der Waals surface area contributed by atoms with E-state index in [1.54, 1.807) is 24.3 Å². The van der Waals surface area contributed by atoms with Crippen molar-refractivity contribution in [3.63, 3.8) is 0 Å². The van der Waals surface area contributed by atoms with Gasteiger partial charge in [-0.15, -0.1) is 0 Å². The van der Waals surface area contributed by atoms with E-state index in [9.17, 15) is 15.4 Å². The van der Waals surface area contributed by atoms with Gasteiger partial charge >= 0.3 is 0 Å². The lowest BCUT2D eigenvalue weighted by molar-refractivity contribution is -0.384. The van der Waals surface area contributed by atoms with E-state index in [4.69, 9.17) is 9.15 Å². The van der Waals surface area contributed by atoms with Crippen molar-refractivity contribution in [2.24, 2.45) is 0 Å². The SMILES string of the molecule is COc1cc([N+](=O)[O-])ccc1-c1ccc(/C=C(/C#N)c2ccc(I)cc2)o1. The predicted molar refractivity (Wildman–Crippen MR) is 110 cm³/mol. The summed E-state index contributed by atoms with van der Waals surface area (Å²) >= 11 is 2.20. The zero-order valence-corrected chi connectivity index (χ0v) is 16.3. The molecule has 2 aromatic carbocycles. The average Bonchev–Trinajstić information content (AvgIpc) is 3.14. The Labute approximate surface area is 169 Å². The third-order valence-corrected chi connectivity index (χ3v) is 4.57. The number of furan rings is 1. The number of halogens is 1. The third kappa shape index (κ3) is 4.17. The Bertz CT molecular complexity index is 1060. The number of allylic oxidation sites excluding steroid dienone is 1. The molecule has 0 atom stereocenters. The first-order valence-corrected chi connectivity index (χ1v) is 8.90. The van der Waals surface area contributed by atoms with Crippen LogP contribution in [-0.4, -0.2) is 12.0 Å². The van der Waals surface area contributed by atoms with E-state index in [1.807, 2.05) is 24.3 Å². The molecule has 1 heterocycles. The van der Waals surface area contributed by atoms with Crippen LogP contribution in [0.3, 0.4) is 0 Å². The summed E-state index contributed by atoms with van der Waals surface area (Å²) in [6.45, 7) is 0. The summed E-state index contributed by atoms with van der Waals surface area (Å²) in [5, 5.41) is 20.4. The molecule has 0 aliphatic heterocycles. The molecule has 0 fully saturated rings. The minimum absolute atomic E-state index is 0.0623. The van der Waals surface area contributed by atoms with Crippen LogP contribution in [0.5, 0.6) is 5.75 Å². The van der Waals surface area contributed by atoms with Gasteiger partial charge in [0.2, 0.25) is 0 Å². The fraction of sp³-hybridized carbons (Fsp3) is 0.0500. The molecule has 0 bridgehead atoms. The van der Waals surface area contributed by atoms with Crippen molar-refractivity contribution >= 4 is 39.9 Å². The molecule has 3 rings (SSSR count). The van der Waals surface area contributed by atoms with Gasteiger partial charge in [-0.05, 0) is 64.6 Å². The van der Waals surface area contributed by atoms with E-state index in [2.05, 4.69) is 28.7 Å². The number of rotatable bonds is 5. The summed E-state index contributed by atoms with van der Waals surface area (Å²) in [6, 6.07) is 17.6. The molecule has 0 saturated carbocycles. The number of nitrogens with zero attached hydrogens (tertiary/aromatic N) is 2. The molecule has 7 heteroatoms. The maximum absolute atomic E-state index is 10.9. The van der Waals surface area contributed by atoms with Gasteiger partial charge in [0.15, 0.2) is 0 Å². The van der Waals surface area contributed by atoms with Crippen LogP contribution in [0.25, 0.3) is 23.0 Å². The molecule has 27 heavy (non-hydrogen) atoms. The molecule has 0 saturated heterocycles. The second kappa shape index (κ2) is 8.05. The van der Waals surface area contributed by atoms with E-state index < -0.39 is 4.92 Å². The normalized spacial score (nSPS) is 11.1. The number of hydrogen-bond donors (Lipinski definition) is 0. The van der Waals surface area contributed by atoms with Gasteiger partial charge in [0.05, 0.1) is 35.3 Å². The van der Waals surface area contributed by atoms with E-state index in [1.165, 1.54) is 19.2 Å². The van der Waals surface area contributed by atoms with Crippen molar-refractivity contribution in [3.05, 3.63) is 79.6 Å². The highest BCUT2D eigenvalue weighted by atomic mass is 127. The molecular weight excluding hydrogens is 459 g/mol. The minimum atomic E-state index is -0.483. The second-order valence-corrected chi connectivity index (χ2v) is 6.77. The number of nitro benzene ring substituents is 1. The number of nitriles is 1. The summed E-state index contributed by atoms with van der Waals surface area (Å²) in [5.41, 5.74) is 1.80. The zero-order valence-electron chi connectivity index (χ0n) is 14.2. The zero-order chi connectivity index (χ0) is 19.4.